The molecule has 0 saturated carbocycles. The van der Waals surface area contributed by atoms with E-state index in [-0.39, 0.29) is 23.2 Å². The molecule has 0 spiro atoms. The van der Waals surface area contributed by atoms with Crippen molar-refractivity contribution in [3.8, 4) is 0 Å². The van der Waals surface area contributed by atoms with Crippen LogP contribution in [0, 0.1) is 21.8 Å². The molecule has 90 valence electrons. The second-order valence-corrected chi connectivity index (χ2v) is 3.76. The van der Waals surface area contributed by atoms with Crippen LogP contribution in [0.25, 0.3) is 0 Å². The number of anilines is 1. The van der Waals surface area contributed by atoms with E-state index >= 15 is 0 Å². The topological polar surface area (TPSA) is 84.3 Å². The average Bonchev–Trinajstić information content (AvgIpc) is 2.13. The van der Waals surface area contributed by atoms with Crippen molar-refractivity contribution in [2.75, 3.05) is 18.4 Å². The van der Waals surface area contributed by atoms with Gasteiger partial charge in [0.15, 0.2) is 0 Å². The summed E-state index contributed by atoms with van der Waals surface area (Å²) >= 11 is 0. The molecule has 1 aromatic rings. The van der Waals surface area contributed by atoms with E-state index in [0.717, 1.165) is 18.2 Å². The zero-order valence-corrected chi connectivity index (χ0v) is 8.77. The minimum absolute atomic E-state index is 0.105. The Morgan fingerprint density at radius 2 is 2.24 bits per heavy atom. The van der Waals surface area contributed by atoms with Gasteiger partial charge in [-0.2, -0.15) is 0 Å². The van der Waals surface area contributed by atoms with Gasteiger partial charge in [0, 0.05) is 25.2 Å². The molecule has 0 atom stereocenters. The number of carbonyl (C=O) groups is 1. The van der Waals surface area contributed by atoms with Crippen molar-refractivity contribution in [1.82, 2.24) is 5.32 Å². The first-order chi connectivity index (χ1) is 8.08. The van der Waals surface area contributed by atoms with Crippen molar-refractivity contribution in [3.63, 3.8) is 0 Å². The summed E-state index contributed by atoms with van der Waals surface area (Å²) in [4.78, 5) is 21.6. The van der Waals surface area contributed by atoms with Crippen LogP contribution in [0.5, 0.6) is 0 Å². The van der Waals surface area contributed by atoms with Gasteiger partial charge < -0.3 is 10.6 Å². The highest BCUT2D eigenvalue weighted by atomic mass is 19.1. The fourth-order valence-electron chi connectivity index (χ4n) is 1.48. The fraction of sp³-hybridized carbons (Fsp3) is 0.300. The number of nitro groups is 1. The van der Waals surface area contributed by atoms with Crippen molar-refractivity contribution < 1.29 is 14.1 Å². The number of nitrogens with zero attached hydrogens (tertiary/aromatic N) is 1. The Kier molecular flexibility index (Phi) is 3.01. The highest BCUT2D eigenvalue weighted by Gasteiger charge is 2.26. The Morgan fingerprint density at radius 3 is 2.76 bits per heavy atom. The van der Waals surface area contributed by atoms with Crippen LogP contribution in [0.3, 0.4) is 0 Å². The maximum Gasteiger partial charge on any atom is 0.292 e. The largest absolute Gasteiger partial charge is 0.320 e. The van der Waals surface area contributed by atoms with Gasteiger partial charge in [-0.1, -0.05) is 0 Å². The monoisotopic (exact) mass is 239 g/mol. The third-order valence-corrected chi connectivity index (χ3v) is 2.57. The fourth-order valence-corrected chi connectivity index (χ4v) is 1.48. The van der Waals surface area contributed by atoms with E-state index in [1.165, 1.54) is 0 Å². The van der Waals surface area contributed by atoms with E-state index in [1.807, 2.05) is 0 Å². The number of carbonyl (C=O) groups excluding carboxylic acids is 1. The van der Waals surface area contributed by atoms with E-state index in [1.54, 1.807) is 0 Å². The second-order valence-electron chi connectivity index (χ2n) is 3.76. The molecule has 0 unspecified atom stereocenters. The Labute approximate surface area is 96.0 Å². The molecule has 6 nitrogen and oxygen atoms in total. The molecule has 1 aromatic carbocycles. The Balaban J connectivity index is 2.20. The van der Waals surface area contributed by atoms with E-state index in [4.69, 9.17) is 0 Å². The lowest BCUT2D eigenvalue weighted by Crippen LogP contribution is -2.48. The zero-order chi connectivity index (χ0) is 12.4. The maximum absolute atomic E-state index is 13.0. The van der Waals surface area contributed by atoms with Gasteiger partial charge in [0.1, 0.15) is 11.5 Å². The standard InChI is InChI=1S/C10H10FN3O3/c11-7-1-2-9(14(16)17)8(3-7)13-10(15)6-4-12-5-6/h1-3,6,12H,4-5H2,(H,13,15). The van der Waals surface area contributed by atoms with Gasteiger partial charge in [-0.25, -0.2) is 4.39 Å². The zero-order valence-electron chi connectivity index (χ0n) is 8.77. The smallest absolute Gasteiger partial charge is 0.292 e. The lowest BCUT2D eigenvalue weighted by Gasteiger charge is -2.25. The Hall–Kier alpha value is -2.02. The van der Waals surface area contributed by atoms with Crippen LogP contribution in [0.15, 0.2) is 18.2 Å². The third kappa shape index (κ3) is 2.39. The van der Waals surface area contributed by atoms with Gasteiger partial charge in [0.2, 0.25) is 5.91 Å². The van der Waals surface area contributed by atoms with Gasteiger partial charge in [-0.3, -0.25) is 14.9 Å². The molecule has 7 heteroatoms. The highest BCUT2D eigenvalue weighted by Crippen LogP contribution is 2.25. The first-order valence-electron chi connectivity index (χ1n) is 5.03. The number of halogens is 1. The predicted molar refractivity (Wildman–Crippen MR) is 58.0 cm³/mol. The minimum Gasteiger partial charge on any atom is -0.320 e. The quantitative estimate of drug-likeness (QED) is 0.606. The summed E-state index contributed by atoms with van der Waals surface area (Å²) in [5.41, 5.74) is -0.418. The van der Waals surface area contributed by atoms with Gasteiger partial charge in [-0.15, -0.1) is 0 Å². The van der Waals surface area contributed by atoms with Crippen molar-refractivity contribution in [3.05, 3.63) is 34.1 Å². The Morgan fingerprint density at radius 1 is 1.53 bits per heavy atom. The summed E-state index contributed by atoms with van der Waals surface area (Å²) in [5, 5.41) is 16.0. The molecule has 0 aliphatic carbocycles. The van der Waals surface area contributed by atoms with Crippen LogP contribution in [-0.2, 0) is 4.79 Å². The molecule has 2 rings (SSSR count). The number of hydrogen-bond acceptors (Lipinski definition) is 4. The molecule has 1 aliphatic heterocycles. The molecule has 17 heavy (non-hydrogen) atoms. The number of nitrogens with one attached hydrogen (secondary N) is 2. The van der Waals surface area contributed by atoms with Crippen LogP contribution in [0.4, 0.5) is 15.8 Å². The molecule has 1 saturated heterocycles. The van der Waals surface area contributed by atoms with Gasteiger partial charge in [0.25, 0.3) is 5.69 Å². The van der Waals surface area contributed by atoms with E-state index < -0.39 is 10.7 Å². The number of hydrogen-bond donors (Lipinski definition) is 2. The summed E-state index contributed by atoms with van der Waals surface area (Å²) in [6.07, 6.45) is 0. The number of rotatable bonds is 3. The van der Waals surface area contributed by atoms with Crippen molar-refractivity contribution in [2.45, 2.75) is 0 Å². The Bertz CT molecular complexity index is 474. The van der Waals surface area contributed by atoms with E-state index in [0.29, 0.717) is 13.1 Å². The van der Waals surface area contributed by atoms with Crippen LogP contribution in [0.1, 0.15) is 0 Å². The molecule has 1 heterocycles. The first-order valence-corrected chi connectivity index (χ1v) is 5.03. The normalized spacial score (nSPS) is 15.1. The van der Waals surface area contributed by atoms with Crippen molar-refractivity contribution in [1.29, 1.82) is 0 Å². The first kappa shape index (κ1) is 11.5. The predicted octanol–water partition coefficient (Wildman–Crippen LogP) is 0.892. The van der Waals surface area contributed by atoms with E-state index in [9.17, 15) is 19.3 Å². The minimum atomic E-state index is -0.659. The highest BCUT2D eigenvalue weighted by molar-refractivity contribution is 5.95. The summed E-state index contributed by atoms with van der Waals surface area (Å²) < 4.78 is 13.0. The summed E-state index contributed by atoms with van der Waals surface area (Å²) in [7, 11) is 0. The number of amides is 1. The second kappa shape index (κ2) is 4.46. The van der Waals surface area contributed by atoms with Crippen LogP contribution in [0.2, 0.25) is 0 Å². The summed E-state index contributed by atoms with van der Waals surface area (Å²) in [6, 6.07) is 2.96. The van der Waals surface area contributed by atoms with Crippen LogP contribution < -0.4 is 10.6 Å². The molecule has 1 amide bonds. The number of benzene rings is 1. The summed E-state index contributed by atoms with van der Waals surface area (Å²) in [6.45, 7) is 1.07. The molecule has 1 fully saturated rings. The molecule has 1 aliphatic rings. The maximum atomic E-state index is 13.0. The SMILES string of the molecule is O=C(Nc1cc(F)ccc1[N+](=O)[O-])C1CNC1. The van der Waals surface area contributed by atoms with Crippen molar-refractivity contribution in [2.24, 2.45) is 5.92 Å². The van der Waals surface area contributed by atoms with Crippen LogP contribution >= 0.6 is 0 Å². The molecule has 2 N–H and O–H groups in total. The molecule has 0 radical (unpaired) electrons. The molecular formula is C10H10FN3O3. The van der Waals surface area contributed by atoms with Crippen LogP contribution in [-0.4, -0.2) is 23.9 Å². The average molecular weight is 239 g/mol. The van der Waals surface area contributed by atoms with Crippen molar-refractivity contribution >= 4 is 17.3 Å². The summed E-state index contributed by atoms with van der Waals surface area (Å²) in [5.74, 6) is -1.17. The lowest BCUT2D eigenvalue weighted by atomic mass is 10.0. The molecule has 0 bridgehead atoms. The lowest BCUT2D eigenvalue weighted by molar-refractivity contribution is -0.384. The molecule has 0 aromatic heterocycles. The van der Waals surface area contributed by atoms with Gasteiger partial charge >= 0.3 is 0 Å². The van der Waals surface area contributed by atoms with Gasteiger partial charge in [0.05, 0.1) is 10.8 Å². The third-order valence-electron chi connectivity index (χ3n) is 2.57. The number of nitro benzene ring substituents is 1. The van der Waals surface area contributed by atoms with E-state index in [2.05, 4.69) is 10.6 Å². The molecular weight excluding hydrogens is 229 g/mol. The van der Waals surface area contributed by atoms with Gasteiger partial charge in [-0.05, 0) is 6.07 Å².